The third-order valence-electron chi connectivity index (χ3n) is 4.21. The summed E-state index contributed by atoms with van der Waals surface area (Å²) < 4.78 is 7.12. The van der Waals surface area contributed by atoms with E-state index in [9.17, 15) is 4.79 Å². The summed E-state index contributed by atoms with van der Waals surface area (Å²) in [6.07, 6.45) is 8.10. The molecule has 0 aliphatic heterocycles. The standard InChI is InChI=1S/C14H18N4O3/c1-18-7-6-15-13(18)12-16-10(21-17-12)8-14(9-11(19)20)4-2-3-5-14/h6-7H,2-5,8-9H2,1H3,(H,19,20). The van der Waals surface area contributed by atoms with E-state index in [1.807, 2.05) is 17.8 Å². The van der Waals surface area contributed by atoms with Crippen LogP contribution in [0.5, 0.6) is 0 Å². The predicted octanol–water partition coefficient (Wildman–Crippen LogP) is 2.05. The Morgan fingerprint density at radius 3 is 2.86 bits per heavy atom. The predicted molar refractivity (Wildman–Crippen MR) is 73.4 cm³/mol. The zero-order valence-electron chi connectivity index (χ0n) is 11.9. The molecule has 1 N–H and O–H groups in total. The molecule has 0 spiro atoms. The lowest BCUT2D eigenvalue weighted by atomic mass is 9.79. The van der Waals surface area contributed by atoms with Crippen molar-refractivity contribution in [3.63, 3.8) is 0 Å². The van der Waals surface area contributed by atoms with Crippen molar-refractivity contribution in [1.82, 2.24) is 19.7 Å². The van der Waals surface area contributed by atoms with Gasteiger partial charge >= 0.3 is 5.97 Å². The Bertz CT molecular complexity index is 640. The number of carboxylic acid groups (broad SMARTS) is 1. The lowest BCUT2D eigenvalue weighted by Gasteiger charge is -2.24. The molecule has 1 saturated carbocycles. The van der Waals surface area contributed by atoms with Crippen LogP contribution in [-0.2, 0) is 18.3 Å². The Morgan fingerprint density at radius 2 is 2.24 bits per heavy atom. The maximum Gasteiger partial charge on any atom is 0.303 e. The number of aryl methyl sites for hydroxylation is 1. The van der Waals surface area contributed by atoms with Crippen molar-refractivity contribution in [1.29, 1.82) is 0 Å². The monoisotopic (exact) mass is 290 g/mol. The topological polar surface area (TPSA) is 94.0 Å². The van der Waals surface area contributed by atoms with Crippen molar-refractivity contribution in [3.8, 4) is 11.6 Å². The average Bonchev–Trinajstić information content (AvgIpc) is 3.11. The molecule has 2 aromatic heterocycles. The molecule has 0 saturated heterocycles. The van der Waals surface area contributed by atoms with Crippen LogP contribution >= 0.6 is 0 Å². The first-order chi connectivity index (χ1) is 10.1. The van der Waals surface area contributed by atoms with Crippen LogP contribution in [0.2, 0.25) is 0 Å². The first-order valence-corrected chi connectivity index (χ1v) is 7.10. The fraction of sp³-hybridized carbons (Fsp3) is 0.571. The SMILES string of the molecule is Cn1ccnc1-c1noc(CC2(CC(=O)O)CCCC2)n1. The maximum absolute atomic E-state index is 11.1. The molecule has 7 nitrogen and oxygen atoms in total. The molecule has 112 valence electrons. The van der Waals surface area contributed by atoms with Crippen LogP contribution in [0.15, 0.2) is 16.9 Å². The molecule has 0 unspecified atom stereocenters. The normalized spacial score (nSPS) is 17.2. The Kier molecular flexibility index (Phi) is 3.48. The van der Waals surface area contributed by atoms with Gasteiger partial charge in [0.1, 0.15) is 0 Å². The second-order valence-corrected chi connectivity index (χ2v) is 5.83. The zero-order valence-corrected chi connectivity index (χ0v) is 11.9. The third kappa shape index (κ3) is 2.81. The van der Waals surface area contributed by atoms with Gasteiger partial charge in [-0.2, -0.15) is 4.98 Å². The highest BCUT2D eigenvalue weighted by Gasteiger charge is 2.38. The number of nitrogens with zero attached hydrogens (tertiary/aromatic N) is 4. The molecule has 7 heteroatoms. The van der Waals surface area contributed by atoms with Crippen LogP contribution < -0.4 is 0 Å². The number of imidazole rings is 1. The minimum atomic E-state index is -0.763. The van der Waals surface area contributed by atoms with E-state index in [1.165, 1.54) is 0 Å². The molecule has 21 heavy (non-hydrogen) atoms. The Hall–Kier alpha value is -2.18. The van der Waals surface area contributed by atoms with E-state index >= 15 is 0 Å². The highest BCUT2D eigenvalue weighted by molar-refractivity contribution is 5.67. The largest absolute Gasteiger partial charge is 0.481 e. The fourth-order valence-electron chi connectivity index (χ4n) is 3.18. The molecular formula is C14H18N4O3. The number of rotatable bonds is 5. The van der Waals surface area contributed by atoms with Crippen molar-refractivity contribution < 1.29 is 14.4 Å². The molecule has 0 bridgehead atoms. The van der Waals surface area contributed by atoms with Crippen LogP contribution in [-0.4, -0.2) is 30.8 Å². The molecule has 1 aliphatic rings. The fourth-order valence-corrected chi connectivity index (χ4v) is 3.18. The van der Waals surface area contributed by atoms with E-state index in [4.69, 9.17) is 9.63 Å². The molecule has 0 aromatic carbocycles. The summed E-state index contributed by atoms with van der Waals surface area (Å²) >= 11 is 0. The number of hydrogen-bond acceptors (Lipinski definition) is 5. The summed E-state index contributed by atoms with van der Waals surface area (Å²) in [5.74, 6) is 0.821. The summed E-state index contributed by atoms with van der Waals surface area (Å²) in [5, 5.41) is 13.1. The van der Waals surface area contributed by atoms with E-state index < -0.39 is 5.97 Å². The van der Waals surface area contributed by atoms with Crippen molar-refractivity contribution in [3.05, 3.63) is 18.3 Å². The molecule has 0 radical (unpaired) electrons. The molecule has 2 heterocycles. The number of aliphatic carboxylic acids is 1. The lowest BCUT2D eigenvalue weighted by molar-refractivity contribution is -0.139. The minimum Gasteiger partial charge on any atom is -0.481 e. The second kappa shape index (κ2) is 5.31. The molecule has 1 aliphatic carbocycles. The average molecular weight is 290 g/mol. The van der Waals surface area contributed by atoms with Crippen LogP contribution in [0.3, 0.4) is 0 Å². The van der Waals surface area contributed by atoms with E-state index in [0.717, 1.165) is 25.7 Å². The summed E-state index contributed by atoms with van der Waals surface area (Å²) in [4.78, 5) is 19.7. The van der Waals surface area contributed by atoms with Gasteiger partial charge < -0.3 is 14.2 Å². The highest BCUT2D eigenvalue weighted by Crippen LogP contribution is 2.43. The second-order valence-electron chi connectivity index (χ2n) is 5.83. The van der Waals surface area contributed by atoms with Crippen molar-refractivity contribution >= 4 is 5.97 Å². The summed E-state index contributed by atoms with van der Waals surface area (Å²) in [6, 6.07) is 0. The van der Waals surface area contributed by atoms with Crippen molar-refractivity contribution in [2.45, 2.75) is 38.5 Å². The number of hydrogen-bond donors (Lipinski definition) is 1. The quantitative estimate of drug-likeness (QED) is 0.905. The van der Waals surface area contributed by atoms with Crippen LogP contribution in [0, 0.1) is 5.41 Å². The van der Waals surface area contributed by atoms with Gasteiger partial charge in [-0.15, -0.1) is 0 Å². The van der Waals surface area contributed by atoms with Gasteiger partial charge in [0.15, 0.2) is 5.82 Å². The van der Waals surface area contributed by atoms with E-state index in [0.29, 0.717) is 24.0 Å². The Labute approximate surface area is 122 Å². The van der Waals surface area contributed by atoms with Gasteiger partial charge in [0.2, 0.25) is 11.7 Å². The van der Waals surface area contributed by atoms with Gasteiger partial charge in [0, 0.05) is 25.9 Å². The van der Waals surface area contributed by atoms with Gasteiger partial charge in [-0.1, -0.05) is 18.0 Å². The van der Waals surface area contributed by atoms with Crippen LogP contribution in [0.25, 0.3) is 11.6 Å². The smallest absolute Gasteiger partial charge is 0.303 e. The molecular weight excluding hydrogens is 272 g/mol. The third-order valence-corrected chi connectivity index (χ3v) is 4.21. The Morgan fingerprint density at radius 1 is 1.48 bits per heavy atom. The van der Waals surface area contributed by atoms with Crippen LogP contribution in [0.4, 0.5) is 0 Å². The number of aromatic nitrogens is 4. The summed E-state index contributed by atoms with van der Waals surface area (Å²) in [7, 11) is 1.86. The van der Waals surface area contributed by atoms with Gasteiger partial charge in [0.05, 0.1) is 6.42 Å². The van der Waals surface area contributed by atoms with Gasteiger partial charge in [-0.05, 0) is 18.3 Å². The van der Waals surface area contributed by atoms with Gasteiger partial charge in [-0.3, -0.25) is 4.79 Å². The molecule has 1 fully saturated rings. The summed E-state index contributed by atoms with van der Waals surface area (Å²) in [6.45, 7) is 0. The number of carboxylic acids is 1. The van der Waals surface area contributed by atoms with Gasteiger partial charge in [-0.25, -0.2) is 4.98 Å². The lowest BCUT2D eigenvalue weighted by Crippen LogP contribution is -2.24. The zero-order chi connectivity index (χ0) is 14.9. The first-order valence-electron chi connectivity index (χ1n) is 7.10. The van der Waals surface area contributed by atoms with Crippen molar-refractivity contribution in [2.24, 2.45) is 12.5 Å². The Balaban J connectivity index is 1.80. The molecule has 0 atom stereocenters. The summed E-state index contributed by atoms with van der Waals surface area (Å²) in [5.41, 5.74) is -0.239. The van der Waals surface area contributed by atoms with E-state index in [-0.39, 0.29) is 11.8 Å². The van der Waals surface area contributed by atoms with Gasteiger partial charge in [0.25, 0.3) is 0 Å². The van der Waals surface area contributed by atoms with E-state index in [2.05, 4.69) is 15.1 Å². The van der Waals surface area contributed by atoms with E-state index in [1.54, 1.807) is 6.20 Å². The minimum absolute atomic E-state index is 0.160. The molecule has 3 rings (SSSR count). The highest BCUT2D eigenvalue weighted by atomic mass is 16.5. The maximum atomic E-state index is 11.1. The van der Waals surface area contributed by atoms with Crippen LogP contribution in [0.1, 0.15) is 38.0 Å². The number of carbonyl (C=O) groups is 1. The first kappa shape index (κ1) is 13.8. The molecule has 0 amide bonds. The molecule has 2 aromatic rings. The van der Waals surface area contributed by atoms with Crippen molar-refractivity contribution in [2.75, 3.05) is 0 Å².